The van der Waals surface area contributed by atoms with Crippen LogP contribution >= 0.6 is 0 Å². The van der Waals surface area contributed by atoms with Gasteiger partial charge < -0.3 is 25.6 Å². The maximum Gasteiger partial charge on any atom is 0.251 e. The lowest BCUT2D eigenvalue weighted by Crippen LogP contribution is -2.50. The molecular formula is C34H51N7O4. The van der Waals surface area contributed by atoms with Gasteiger partial charge in [-0.3, -0.25) is 24.0 Å². The molecule has 0 radical (unpaired) electrons. The third-order valence-electron chi connectivity index (χ3n) is 9.99. The third kappa shape index (κ3) is 8.24. The van der Waals surface area contributed by atoms with E-state index in [2.05, 4.69) is 57.1 Å². The van der Waals surface area contributed by atoms with Crippen LogP contribution in [0.3, 0.4) is 0 Å². The maximum atomic E-state index is 13.8. The number of anilines is 1. The zero-order valence-corrected chi connectivity index (χ0v) is 27.6. The average Bonchev–Trinajstić information content (AvgIpc) is 3.49. The van der Waals surface area contributed by atoms with Crippen molar-refractivity contribution in [3.05, 3.63) is 35.7 Å². The van der Waals surface area contributed by atoms with Crippen molar-refractivity contribution < 1.29 is 19.1 Å². The van der Waals surface area contributed by atoms with Gasteiger partial charge in [0.25, 0.3) is 5.91 Å². The zero-order valence-electron chi connectivity index (χ0n) is 27.6. The highest BCUT2D eigenvalue weighted by molar-refractivity contribution is 5.99. The molecule has 1 aromatic heterocycles. The van der Waals surface area contributed by atoms with Gasteiger partial charge in [0.05, 0.1) is 31.9 Å². The number of morpholine rings is 1. The number of benzene rings is 1. The minimum Gasteiger partial charge on any atom is -0.379 e. The van der Waals surface area contributed by atoms with Crippen LogP contribution in [0.2, 0.25) is 0 Å². The molecule has 5 rings (SSSR count). The van der Waals surface area contributed by atoms with E-state index in [0.29, 0.717) is 18.2 Å². The first-order valence-corrected chi connectivity index (χ1v) is 16.6. The number of rotatable bonds is 10. The van der Waals surface area contributed by atoms with Crippen LogP contribution in [0.1, 0.15) is 68.8 Å². The van der Waals surface area contributed by atoms with E-state index in [-0.39, 0.29) is 41.6 Å². The van der Waals surface area contributed by atoms with Gasteiger partial charge in [-0.05, 0) is 75.1 Å². The van der Waals surface area contributed by atoms with E-state index in [9.17, 15) is 14.4 Å². The fraction of sp³-hybridized carbons (Fsp3) is 0.647. The molecule has 3 atom stereocenters. The topological polar surface area (TPSA) is 121 Å². The summed E-state index contributed by atoms with van der Waals surface area (Å²) in [5.41, 5.74) is 4.44. The Morgan fingerprint density at radius 1 is 1.09 bits per heavy atom. The summed E-state index contributed by atoms with van der Waals surface area (Å²) in [4.78, 5) is 42.8. The lowest BCUT2D eigenvalue weighted by atomic mass is 9.84. The molecule has 2 aliphatic heterocycles. The van der Waals surface area contributed by atoms with Gasteiger partial charge in [0.2, 0.25) is 11.8 Å². The standard InChI is InChI=1S/C34H51N7O4/c1-22-16-23(2)37-34(44)31(22)20-35-33(43)30-17-26(27-19-36-41(21-27)11-10-40-12-14-45-15-13-40)18-32(24(30)3)39(5)29-8-6-28(7-9-29)38-25(4)42/h17-19,21-23,28-29,31H,6-16,20H2,1-5H3,(H,35,43)(H,37,44)(H,38,42). The van der Waals surface area contributed by atoms with Gasteiger partial charge in [0.15, 0.2) is 0 Å². The highest BCUT2D eigenvalue weighted by Gasteiger charge is 2.33. The molecule has 11 nitrogen and oxygen atoms in total. The summed E-state index contributed by atoms with van der Waals surface area (Å²) in [6.45, 7) is 13.1. The molecular weight excluding hydrogens is 570 g/mol. The molecule has 45 heavy (non-hydrogen) atoms. The normalized spacial score (nSPS) is 25.8. The highest BCUT2D eigenvalue weighted by atomic mass is 16.5. The number of carbonyl (C=O) groups excluding carboxylic acids is 3. The molecule has 3 aliphatic rings. The molecule has 3 fully saturated rings. The quantitative estimate of drug-likeness (QED) is 0.373. The van der Waals surface area contributed by atoms with Gasteiger partial charge in [-0.15, -0.1) is 0 Å². The second-order valence-corrected chi connectivity index (χ2v) is 13.4. The first-order chi connectivity index (χ1) is 21.6. The summed E-state index contributed by atoms with van der Waals surface area (Å²) in [5, 5.41) is 13.9. The monoisotopic (exact) mass is 621 g/mol. The molecule has 3 amide bonds. The summed E-state index contributed by atoms with van der Waals surface area (Å²) < 4.78 is 7.45. The van der Waals surface area contributed by atoms with Crippen molar-refractivity contribution in [3.8, 4) is 11.1 Å². The second-order valence-electron chi connectivity index (χ2n) is 13.4. The fourth-order valence-corrected chi connectivity index (χ4v) is 7.24. The van der Waals surface area contributed by atoms with Crippen molar-refractivity contribution in [3.63, 3.8) is 0 Å². The summed E-state index contributed by atoms with van der Waals surface area (Å²) in [6.07, 6.45) is 8.61. The lowest BCUT2D eigenvalue weighted by Gasteiger charge is -2.37. The van der Waals surface area contributed by atoms with E-state index in [1.54, 1.807) is 6.92 Å². The first-order valence-electron chi connectivity index (χ1n) is 16.6. The number of amides is 3. The van der Waals surface area contributed by atoms with E-state index in [1.165, 1.54) is 0 Å². The largest absolute Gasteiger partial charge is 0.379 e. The van der Waals surface area contributed by atoms with Crippen molar-refractivity contribution in [1.29, 1.82) is 0 Å². The molecule has 2 aromatic rings. The second kappa shape index (κ2) is 14.8. The molecule has 246 valence electrons. The predicted octanol–water partition coefficient (Wildman–Crippen LogP) is 2.96. The molecule has 1 aromatic carbocycles. The third-order valence-corrected chi connectivity index (χ3v) is 9.99. The highest BCUT2D eigenvalue weighted by Crippen LogP contribution is 2.34. The molecule has 3 unspecified atom stereocenters. The summed E-state index contributed by atoms with van der Waals surface area (Å²) >= 11 is 0. The fourth-order valence-electron chi connectivity index (χ4n) is 7.24. The Hall–Kier alpha value is -3.44. The van der Waals surface area contributed by atoms with Crippen LogP contribution in [0.25, 0.3) is 11.1 Å². The molecule has 3 N–H and O–H groups in total. The van der Waals surface area contributed by atoms with E-state index >= 15 is 0 Å². The van der Waals surface area contributed by atoms with Crippen LogP contribution in [0.15, 0.2) is 24.5 Å². The number of hydrogen-bond donors (Lipinski definition) is 3. The molecule has 1 aliphatic carbocycles. The number of carbonyl (C=O) groups is 3. The van der Waals surface area contributed by atoms with Crippen LogP contribution in [-0.4, -0.2) is 97.0 Å². The number of nitrogens with zero attached hydrogens (tertiary/aromatic N) is 4. The SMILES string of the molecule is CC(=O)NC1CCC(N(C)c2cc(-c3cnn(CCN4CCOCC4)c3)cc(C(=O)NCC3C(=O)NC(C)CC3C)c2C)CC1. The van der Waals surface area contributed by atoms with Crippen molar-refractivity contribution in [2.24, 2.45) is 11.8 Å². The van der Waals surface area contributed by atoms with Crippen molar-refractivity contribution in [2.45, 2.75) is 84.5 Å². The summed E-state index contributed by atoms with van der Waals surface area (Å²) in [5.74, 6) is -0.201. The van der Waals surface area contributed by atoms with Crippen LogP contribution < -0.4 is 20.9 Å². The minimum atomic E-state index is -0.251. The minimum absolute atomic E-state index is 0.00630. The van der Waals surface area contributed by atoms with Crippen LogP contribution in [0.5, 0.6) is 0 Å². The molecule has 0 spiro atoms. The van der Waals surface area contributed by atoms with Gasteiger partial charge >= 0.3 is 0 Å². The molecule has 2 saturated heterocycles. The number of piperidine rings is 1. The van der Waals surface area contributed by atoms with E-state index in [0.717, 1.165) is 93.9 Å². The zero-order chi connectivity index (χ0) is 32.1. The van der Waals surface area contributed by atoms with E-state index < -0.39 is 0 Å². The average molecular weight is 622 g/mol. The molecule has 1 saturated carbocycles. The van der Waals surface area contributed by atoms with Gasteiger partial charge in [-0.25, -0.2) is 0 Å². The van der Waals surface area contributed by atoms with Crippen molar-refractivity contribution >= 4 is 23.4 Å². The van der Waals surface area contributed by atoms with Crippen LogP contribution in [0, 0.1) is 18.8 Å². The van der Waals surface area contributed by atoms with Gasteiger partial charge in [0.1, 0.15) is 0 Å². The van der Waals surface area contributed by atoms with Crippen LogP contribution in [-0.2, 0) is 20.9 Å². The predicted molar refractivity (Wildman–Crippen MR) is 175 cm³/mol. The van der Waals surface area contributed by atoms with Gasteiger partial charge in [0, 0.05) is 81.3 Å². The van der Waals surface area contributed by atoms with Crippen molar-refractivity contribution in [2.75, 3.05) is 51.3 Å². The Bertz CT molecular complexity index is 1350. The Kier molecular flexibility index (Phi) is 10.8. The molecule has 11 heteroatoms. The summed E-state index contributed by atoms with van der Waals surface area (Å²) in [7, 11) is 2.11. The maximum absolute atomic E-state index is 13.8. The van der Waals surface area contributed by atoms with Gasteiger partial charge in [-0.2, -0.15) is 5.10 Å². The number of ether oxygens (including phenoxy) is 1. The summed E-state index contributed by atoms with van der Waals surface area (Å²) in [6, 6.07) is 4.80. The first kappa shape index (κ1) is 32.9. The smallest absolute Gasteiger partial charge is 0.251 e. The number of hydrogen-bond acceptors (Lipinski definition) is 7. The molecule has 0 bridgehead atoms. The van der Waals surface area contributed by atoms with Gasteiger partial charge in [-0.1, -0.05) is 6.92 Å². The molecule has 3 heterocycles. The number of aromatic nitrogens is 2. The van der Waals surface area contributed by atoms with E-state index in [1.807, 2.05) is 30.8 Å². The lowest BCUT2D eigenvalue weighted by molar-refractivity contribution is -0.129. The Morgan fingerprint density at radius 3 is 2.51 bits per heavy atom. The Balaban J connectivity index is 1.37. The Morgan fingerprint density at radius 2 is 1.82 bits per heavy atom. The van der Waals surface area contributed by atoms with E-state index in [4.69, 9.17) is 4.74 Å². The number of nitrogens with one attached hydrogen (secondary N) is 3. The van der Waals surface area contributed by atoms with Crippen molar-refractivity contribution in [1.82, 2.24) is 30.6 Å². The Labute approximate surface area is 267 Å². The van der Waals surface area contributed by atoms with Crippen LogP contribution in [0.4, 0.5) is 5.69 Å².